The van der Waals surface area contributed by atoms with Crippen LogP contribution in [0.4, 0.5) is 4.39 Å². The number of halogens is 1. The van der Waals surface area contributed by atoms with Crippen LogP contribution >= 0.6 is 0 Å². The Kier molecular flexibility index (Phi) is 3.28. The summed E-state index contributed by atoms with van der Waals surface area (Å²) in [6.45, 7) is 4.90. The molecule has 0 atom stereocenters. The van der Waals surface area contributed by atoms with Gasteiger partial charge in [0.2, 0.25) is 0 Å². The fraction of sp³-hybridized carbons (Fsp3) is 0.100. The van der Waals surface area contributed by atoms with Gasteiger partial charge in [0.05, 0.1) is 0 Å². The summed E-state index contributed by atoms with van der Waals surface area (Å²) in [5.41, 5.74) is 6.09. The maximum atomic E-state index is 13.4. The van der Waals surface area contributed by atoms with E-state index < -0.39 is 5.82 Å². The average molecular weight is 206 g/mol. The maximum Gasteiger partial charge on any atom is 0.153 e. The minimum atomic E-state index is -0.595. The molecule has 0 aliphatic carbocycles. The van der Waals surface area contributed by atoms with Gasteiger partial charge in [-0.2, -0.15) is 0 Å². The number of nitrogens with zero attached hydrogens (tertiary/aromatic N) is 2. The van der Waals surface area contributed by atoms with Gasteiger partial charge < -0.3 is 11.1 Å². The van der Waals surface area contributed by atoms with Gasteiger partial charge in [-0.1, -0.05) is 6.58 Å². The van der Waals surface area contributed by atoms with Gasteiger partial charge in [-0.05, 0) is 13.0 Å². The zero-order chi connectivity index (χ0) is 11.4. The van der Waals surface area contributed by atoms with E-state index in [0.717, 1.165) is 0 Å². The monoisotopic (exact) mass is 206 g/mol. The SMILES string of the molecule is C=C/N=C(\N)c1ncc(C(C)=N)cc1F. The Labute approximate surface area is 86.9 Å². The zero-order valence-electron chi connectivity index (χ0n) is 8.29. The molecule has 15 heavy (non-hydrogen) atoms. The number of nitrogens with two attached hydrogens (primary N) is 1. The van der Waals surface area contributed by atoms with Crippen molar-refractivity contribution in [1.82, 2.24) is 4.98 Å². The minimum absolute atomic E-state index is 0.0279. The number of nitrogens with one attached hydrogen (secondary N) is 1. The lowest BCUT2D eigenvalue weighted by Crippen LogP contribution is -2.17. The molecule has 0 spiro atoms. The predicted molar refractivity (Wildman–Crippen MR) is 57.6 cm³/mol. The van der Waals surface area contributed by atoms with Crippen LogP contribution in [0.1, 0.15) is 18.2 Å². The third-order valence-electron chi connectivity index (χ3n) is 1.75. The zero-order valence-corrected chi connectivity index (χ0v) is 8.29. The number of rotatable bonds is 3. The topological polar surface area (TPSA) is 75.1 Å². The number of hydrogen-bond acceptors (Lipinski definition) is 3. The van der Waals surface area contributed by atoms with Gasteiger partial charge in [-0.15, -0.1) is 0 Å². The summed E-state index contributed by atoms with van der Waals surface area (Å²) in [6, 6.07) is 1.20. The molecule has 1 aromatic heterocycles. The largest absolute Gasteiger partial charge is 0.382 e. The molecule has 1 aromatic rings. The molecule has 0 radical (unpaired) electrons. The molecular formula is C10H11FN4. The summed E-state index contributed by atoms with van der Waals surface area (Å²) in [4.78, 5) is 7.43. The predicted octanol–water partition coefficient (Wildman–Crippen LogP) is 1.46. The molecule has 0 unspecified atom stereocenters. The van der Waals surface area contributed by atoms with Gasteiger partial charge in [-0.25, -0.2) is 14.4 Å². The second-order valence-electron chi connectivity index (χ2n) is 2.88. The number of aromatic nitrogens is 1. The molecule has 0 aliphatic rings. The van der Waals surface area contributed by atoms with Crippen molar-refractivity contribution in [2.75, 3.05) is 0 Å². The van der Waals surface area contributed by atoms with E-state index in [9.17, 15) is 4.39 Å². The van der Waals surface area contributed by atoms with Crippen LogP contribution in [0.5, 0.6) is 0 Å². The Bertz CT molecular complexity index is 437. The van der Waals surface area contributed by atoms with Gasteiger partial charge in [0.25, 0.3) is 0 Å². The molecule has 0 saturated carbocycles. The van der Waals surface area contributed by atoms with Crippen molar-refractivity contribution in [3.05, 3.63) is 42.1 Å². The second-order valence-corrected chi connectivity index (χ2v) is 2.88. The molecule has 3 N–H and O–H groups in total. The minimum Gasteiger partial charge on any atom is -0.382 e. The van der Waals surface area contributed by atoms with Crippen molar-refractivity contribution in [2.45, 2.75) is 6.92 Å². The molecule has 0 aromatic carbocycles. The van der Waals surface area contributed by atoms with Crippen LogP contribution in [0.25, 0.3) is 0 Å². The van der Waals surface area contributed by atoms with Crippen LogP contribution in [0.3, 0.4) is 0 Å². The molecule has 0 bridgehead atoms. The molecule has 1 rings (SSSR count). The van der Waals surface area contributed by atoms with E-state index in [1.165, 1.54) is 18.5 Å². The van der Waals surface area contributed by atoms with E-state index in [1.54, 1.807) is 6.92 Å². The Morgan fingerprint density at radius 3 is 2.87 bits per heavy atom. The fourth-order valence-corrected chi connectivity index (χ4v) is 0.991. The molecular weight excluding hydrogens is 195 g/mol. The normalized spacial score (nSPS) is 11.2. The lowest BCUT2D eigenvalue weighted by molar-refractivity contribution is 0.617. The Balaban J connectivity index is 3.19. The van der Waals surface area contributed by atoms with Crippen LogP contribution in [0.15, 0.2) is 30.0 Å². The van der Waals surface area contributed by atoms with E-state index in [2.05, 4.69) is 16.6 Å². The van der Waals surface area contributed by atoms with E-state index in [4.69, 9.17) is 11.1 Å². The van der Waals surface area contributed by atoms with Crippen LogP contribution in [0, 0.1) is 11.2 Å². The lowest BCUT2D eigenvalue weighted by Gasteiger charge is -2.03. The van der Waals surface area contributed by atoms with Gasteiger partial charge >= 0.3 is 0 Å². The number of pyridine rings is 1. The summed E-state index contributed by atoms with van der Waals surface area (Å²) in [5, 5.41) is 7.31. The first-order valence-electron chi connectivity index (χ1n) is 4.22. The van der Waals surface area contributed by atoms with Gasteiger partial charge in [-0.3, -0.25) is 0 Å². The summed E-state index contributed by atoms with van der Waals surface area (Å²) in [7, 11) is 0. The number of aliphatic imine (C=N–C) groups is 1. The summed E-state index contributed by atoms with van der Waals surface area (Å²) >= 11 is 0. The Morgan fingerprint density at radius 1 is 1.73 bits per heavy atom. The Morgan fingerprint density at radius 2 is 2.40 bits per heavy atom. The molecule has 1 heterocycles. The van der Waals surface area contributed by atoms with Crippen molar-refractivity contribution in [2.24, 2.45) is 10.7 Å². The van der Waals surface area contributed by atoms with E-state index >= 15 is 0 Å². The highest BCUT2D eigenvalue weighted by Gasteiger charge is 2.09. The molecule has 78 valence electrons. The molecule has 0 aliphatic heterocycles. The standard InChI is InChI=1S/C10H11FN4/c1-3-14-10(13)9-8(11)4-7(5-15-9)6(2)12/h3-5,12H,1H2,2H3,(H2,13,14). The smallest absolute Gasteiger partial charge is 0.153 e. The third-order valence-corrected chi connectivity index (χ3v) is 1.75. The third kappa shape index (κ3) is 2.46. The summed E-state index contributed by atoms with van der Waals surface area (Å²) in [5.74, 6) is -0.626. The Hall–Kier alpha value is -2.04. The molecule has 0 amide bonds. The van der Waals surface area contributed by atoms with Gasteiger partial charge in [0, 0.05) is 23.7 Å². The van der Waals surface area contributed by atoms with Crippen molar-refractivity contribution in [3.63, 3.8) is 0 Å². The fourth-order valence-electron chi connectivity index (χ4n) is 0.991. The van der Waals surface area contributed by atoms with E-state index in [1.807, 2.05) is 0 Å². The highest BCUT2D eigenvalue weighted by Crippen LogP contribution is 2.07. The van der Waals surface area contributed by atoms with Crippen LogP contribution < -0.4 is 5.73 Å². The first kappa shape index (κ1) is 11.0. The van der Waals surface area contributed by atoms with Gasteiger partial charge in [0.15, 0.2) is 11.7 Å². The second kappa shape index (κ2) is 4.45. The van der Waals surface area contributed by atoms with Crippen LogP contribution in [-0.2, 0) is 0 Å². The maximum absolute atomic E-state index is 13.4. The molecule has 0 saturated heterocycles. The number of hydrogen-bond donors (Lipinski definition) is 2. The summed E-state index contributed by atoms with van der Waals surface area (Å²) < 4.78 is 13.4. The quantitative estimate of drug-likeness (QED) is 0.580. The van der Waals surface area contributed by atoms with Crippen molar-refractivity contribution in [1.29, 1.82) is 5.41 Å². The van der Waals surface area contributed by atoms with E-state index in [0.29, 0.717) is 5.56 Å². The lowest BCUT2D eigenvalue weighted by atomic mass is 10.2. The highest BCUT2D eigenvalue weighted by atomic mass is 19.1. The first-order chi connectivity index (χ1) is 7.06. The first-order valence-corrected chi connectivity index (χ1v) is 4.22. The molecule has 4 nitrogen and oxygen atoms in total. The molecule has 5 heteroatoms. The molecule has 0 fully saturated rings. The van der Waals surface area contributed by atoms with Crippen LogP contribution in [0.2, 0.25) is 0 Å². The van der Waals surface area contributed by atoms with Crippen LogP contribution in [-0.4, -0.2) is 16.5 Å². The van der Waals surface area contributed by atoms with Crippen molar-refractivity contribution < 1.29 is 4.39 Å². The van der Waals surface area contributed by atoms with Crippen molar-refractivity contribution >= 4 is 11.5 Å². The average Bonchev–Trinajstić information content (AvgIpc) is 2.17. The van der Waals surface area contributed by atoms with Gasteiger partial charge in [0.1, 0.15) is 5.69 Å². The van der Waals surface area contributed by atoms with Crippen molar-refractivity contribution in [3.8, 4) is 0 Å². The van der Waals surface area contributed by atoms with E-state index in [-0.39, 0.29) is 17.2 Å². The number of amidine groups is 1. The highest BCUT2D eigenvalue weighted by molar-refractivity contribution is 5.99. The summed E-state index contributed by atoms with van der Waals surface area (Å²) in [6.07, 6.45) is 2.60.